The molecular formula is C18H22N2O3S. The summed E-state index contributed by atoms with van der Waals surface area (Å²) >= 11 is 0. The van der Waals surface area contributed by atoms with Crippen molar-refractivity contribution < 1.29 is 13.2 Å². The number of anilines is 1. The van der Waals surface area contributed by atoms with E-state index >= 15 is 0 Å². The van der Waals surface area contributed by atoms with Crippen LogP contribution in [0.4, 0.5) is 5.69 Å². The molecule has 6 heteroatoms. The molecule has 0 bridgehead atoms. The van der Waals surface area contributed by atoms with Crippen molar-refractivity contribution in [3.63, 3.8) is 0 Å². The molecule has 0 unspecified atom stereocenters. The lowest BCUT2D eigenvalue weighted by molar-refractivity contribution is -0.119. The average molecular weight is 346 g/mol. The molecule has 0 spiro atoms. The predicted octanol–water partition coefficient (Wildman–Crippen LogP) is 2.60. The van der Waals surface area contributed by atoms with Gasteiger partial charge in [0.1, 0.15) is 0 Å². The average Bonchev–Trinajstić information content (AvgIpc) is 2.48. The molecule has 0 saturated heterocycles. The number of aryl methyl sites for hydroxylation is 1. The summed E-state index contributed by atoms with van der Waals surface area (Å²) in [5, 5.41) is 7.87. The van der Waals surface area contributed by atoms with Gasteiger partial charge < -0.3 is 5.32 Å². The smallest absolute Gasteiger partial charge is 0.227 e. The van der Waals surface area contributed by atoms with Crippen molar-refractivity contribution in [3.05, 3.63) is 65.2 Å². The highest BCUT2D eigenvalue weighted by molar-refractivity contribution is 7.88. The number of hydrogen-bond acceptors (Lipinski definition) is 3. The Balaban J connectivity index is 2.00. The Morgan fingerprint density at radius 1 is 1.12 bits per heavy atom. The van der Waals surface area contributed by atoms with Crippen LogP contribution in [-0.2, 0) is 27.0 Å². The van der Waals surface area contributed by atoms with Gasteiger partial charge in [-0.25, -0.2) is 13.6 Å². The number of carbonyl (C=O) groups excluding carboxylic acids is 1. The molecule has 0 aliphatic carbocycles. The van der Waals surface area contributed by atoms with E-state index in [9.17, 15) is 13.2 Å². The van der Waals surface area contributed by atoms with Gasteiger partial charge in [0, 0.05) is 11.6 Å². The predicted molar refractivity (Wildman–Crippen MR) is 95.9 cm³/mol. The van der Waals surface area contributed by atoms with Crippen LogP contribution in [0.15, 0.2) is 48.5 Å². The summed E-state index contributed by atoms with van der Waals surface area (Å²) in [7, 11) is -3.60. The molecule has 0 aliphatic heterocycles. The lowest BCUT2D eigenvalue weighted by Gasteiger charge is -2.13. The van der Waals surface area contributed by atoms with Crippen molar-refractivity contribution >= 4 is 21.6 Å². The fourth-order valence-electron chi connectivity index (χ4n) is 2.41. The topological polar surface area (TPSA) is 89.3 Å². The van der Waals surface area contributed by atoms with Gasteiger partial charge in [-0.1, -0.05) is 48.9 Å². The SMILES string of the molecule is Cc1ccc(C[C@H](C)C(=O)Nc2cccc(CS(N)(=O)=O)c2)cc1. The van der Waals surface area contributed by atoms with Crippen molar-refractivity contribution in [1.82, 2.24) is 0 Å². The Kier molecular flexibility index (Phi) is 5.75. The number of primary sulfonamides is 1. The first-order valence-corrected chi connectivity index (χ1v) is 9.40. The number of rotatable bonds is 6. The lowest BCUT2D eigenvalue weighted by atomic mass is 9.99. The second-order valence-corrected chi connectivity index (χ2v) is 7.70. The molecule has 128 valence electrons. The van der Waals surface area contributed by atoms with Crippen molar-refractivity contribution in [2.45, 2.75) is 26.0 Å². The molecular weight excluding hydrogens is 324 g/mol. The summed E-state index contributed by atoms with van der Waals surface area (Å²) < 4.78 is 22.3. The molecule has 1 amide bonds. The number of carbonyl (C=O) groups is 1. The number of hydrogen-bond donors (Lipinski definition) is 2. The van der Waals surface area contributed by atoms with E-state index in [1.54, 1.807) is 24.3 Å². The molecule has 3 N–H and O–H groups in total. The third-order valence-electron chi connectivity index (χ3n) is 3.67. The summed E-state index contributed by atoms with van der Waals surface area (Å²) in [6.07, 6.45) is 0.642. The van der Waals surface area contributed by atoms with Gasteiger partial charge in [0.25, 0.3) is 0 Å². The van der Waals surface area contributed by atoms with Crippen LogP contribution >= 0.6 is 0 Å². The van der Waals surface area contributed by atoms with Gasteiger partial charge in [-0.2, -0.15) is 0 Å². The monoisotopic (exact) mass is 346 g/mol. The van der Waals surface area contributed by atoms with Crippen LogP contribution in [0.2, 0.25) is 0 Å². The first-order valence-electron chi connectivity index (χ1n) is 7.69. The van der Waals surface area contributed by atoms with Crippen molar-refractivity contribution in [2.75, 3.05) is 5.32 Å². The van der Waals surface area contributed by atoms with Gasteiger partial charge in [-0.3, -0.25) is 4.79 Å². The number of sulfonamides is 1. The van der Waals surface area contributed by atoms with Gasteiger partial charge in [-0.05, 0) is 36.6 Å². The minimum absolute atomic E-state index is 0.108. The molecule has 2 aromatic carbocycles. The maximum atomic E-state index is 12.3. The Hall–Kier alpha value is -2.18. The van der Waals surface area contributed by atoms with Crippen molar-refractivity contribution in [2.24, 2.45) is 11.1 Å². The zero-order chi connectivity index (χ0) is 17.7. The third-order valence-corrected chi connectivity index (χ3v) is 4.41. The van der Waals surface area contributed by atoms with E-state index in [1.807, 2.05) is 38.1 Å². The van der Waals surface area contributed by atoms with E-state index in [0.29, 0.717) is 17.7 Å². The molecule has 24 heavy (non-hydrogen) atoms. The highest BCUT2D eigenvalue weighted by Crippen LogP contribution is 2.16. The Morgan fingerprint density at radius 3 is 2.42 bits per heavy atom. The van der Waals surface area contributed by atoms with Crippen molar-refractivity contribution in [1.29, 1.82) is 0 Å². The van der Waals surface area contributed by atoms with Gasteiger partial charge >= 0.3 is 0 Å². The second-order valence-electron chi connectivity index (χ2n) is 6.09. The van der Waals surface area contributed by atoms with Gasteiger partial charge in [-0.15, -0.1) is 0 Å². The zero-order valence-corrected chi connectivity index (χ0v) is 14.6. The normalized spacial score (nSPS) is 12.6. The zero-order valence-electron chi connectivity index (χ0n) is 13.8. The summed E-state index contributed by atoms with van der Waals surface area (Å²) in [6.45, 7) is 3.89. The molecule has 0 heterocycles. The van der Waals surface area contributed by atoms with E-state index in [0.717, 1.165) is 5.56 Å². The van der Waals surface area contributed by atoms with Crippen LogP contribution in [0.25, 0.3) is 0 Å². The lowest BCUT2D eigenvalue weighted by Crippen LogP contribution is -2.22. The quantitative estimate of drug-likeness (QED) is 0.842. The van der Waals surface area contributed by atoms with Crippen LogP contribution in [0, 0.1) is 12.8 Å². The Morgan fingerprint density at radius 2 is 1.79 bits per heavy atom. The summed E-state index contributed by atoms with van der Waals surface area (Å²) in [5.41, 5.74) is 3.40. The second kappa shape index (κ2) is 7.59. The first-order chi connectivity index (χ1) is 11.2. The highest BCUT2D eigenvalue weighted by Gasteiger charge is 2.14. The van der Waals surface area contributed by atoms with Gasteiger partial charge in [0.2, 0.25) is 15.9 Å². The molecule has 0 aromatic heterocycles. The maximum Gasteiger partial charge on any atom is 0.227 e. The van der Waals surface area contributed by atoms with E-state index < -0.39 is 10.0 Å². The van der Waals surface area contributed by atoms with Gasteiger partial charge in [0.15, 0.2) is 0 Å². The summed E-state index contributed by atoms with van der Waals surface area (Å²) in [4.78, 5) is 12.3. The summed E-state index contributed by atoms with van der Waals surface area (Å²) in [5.74, 6) is -0.562. The third kappa shape index (κ3) is 5.79. The molecule has 0 aliphatic rings. The minimum Gasteiger partial charge on any atom is -0.326 e. The first kappa shape index (κ1) is 18.2. The Bertz CT molecular complexity index is 814. The molecule has 0 radical (unpaired) electrons. The fourth-order valence-corrected chi connectivity index (χ4v) is 3.05. The van der Waals surface area contributed by atoms with Crippen LogP contribution in [0.3, 0.4) is 0 Å². The summed E-state index contributed by atoms with van der Waals surface area (Å²) in [6, 6.07) is 14.8. The number of amides is 1. The van der Waals surface area contributed by atoms with Crippen molar-refractivity contribution in [3.8, 4) is 0 Å². The Labute approximate surface area is 142 Å². The van der Waals surface area contributed by atoms with Crippen LogP contribution in [-0.4, -0.2) is 14.3 Å². The molecule has 2 aromatic rings. The standard InChI is InChI=1S/C18H22N2O3S/c1-13-6-8-15(9-7-13)10-14(2)18(21)20-17-5-3-4-16(11-17)12-24(19,22)23/h3-9,11,14H,10,12H2,1-2H3,(H,20,21)(H2,19,22,23)/t14-/m0/s1. The van der Waals surface area contributed by atoms with Crippen LogP contribution in [0.5, 0.6) is 0 Å². The minimum atomic E-state index is -3.60. The number of nitrogens with two attached hydrogens (primary N) is 1. The molecule has 1 atom stereocenters. The molecule has 0 fully saturated rings. The van der Waals surface area contributed by atoms with E-state index in [2.05, 4.69) is 5.32 Å². The fraction of sp³-hybridized carbons (Fsp3) is 0.278. The highest BCUT2D eigenvalue weighted by atomic mass is 32.2. The van der Waals surface area contributed by atoms with Crippen LogP contribution in [0.1, 0.15) is 23.6 Å². The van der Waals surface area contributed by atoms with E-state index in [4.69, 9.17) is 5.14 Å². The molecule has 0 saturated carbocycles. The van der Waals surface area contributed by atoms with E-state index in [1.165, 1.54) is 5.56 Å². The molecule has 5 nitrogen and oxygen atoms in total. The van der Waals surface area contributed by atoms with Gasteiger partial charge in [0.05, 0.1) is 5.75 Å². The largest absolute Gasteiger partial charge is 0.326 e. The molecule has 2 rings (SSSR count). The number of benzene rings is 2. The maximum absolute atomic E-state index is 12.3. The van der Waals surface area contributed by atoms with Crippen LogP contribution < -0.4 is 10.5 Å². The van der Waals surface area contributed by atoms with E-state index in [-0.39, 0.29) is 17.6 Å². The number of nitrogens with one attached hydrogen (secondary N) is 1.